The standard InChI is InChI=1S/C12H14N2O3/c1-3-17-12(15)9-7-5-4-6-8(16-2)10(7)14-11(9)13/h4-6,14H,3,13H2,1-2H3. The molecule has 0 aliphatic carbocycles. The summed E-state index contributed by atoms with van der Waals surface area (Å²) in [5.41, 5.74) is 6.86. The zero-order valence-electron chi connectivity index (χ0n) is 9.74. The first-order valence-electron chi connectivity index (χ1n) is 5.30. The summed E-state index contributed by atoms with van der Waals surface area (Å²) in [6.45, 7) is 2.07. The quantitative estimate of drug-likeness (QED) is 0.795. The second-order valence-corrected chi connectivity index (χ2v) is 3.52. The lowest BCUT2D eigenvalue weighted by atomic mass is 10.1. The fraction of sp³-hybridized carbons (Fsp3) is 0.250. The largest absolute Gasteiger partial charge is 0.495 e. The van der Waals surface area contributed by atoms with Crippen molar-refractivity contribution in [2.45, 2.75) is 6.92 Å². The predicted octanol–water partition coefficient (Wildman–Crippen LogP) is 1.94. The Morgan fingerprint density at radius 3 is 2.88 bits per heavy atom. The van der Waals surface area contributed by atoms with Crippen LogP contribution in [0.25, 0.3) is 10.9 Å². The molecule has 2 rings (SSSR count). The highest BCUT2D eigenvalue weighted by molar-refractivity contribution is 6.10. The van der Waals surface area contributed by atoms with E-state index in [0.717, 1.165) is 0 Å². The highest BCUT2D eigenvalue weighted by atomic mass is 16.5. The summed E-state index contributed by atoms with van der Waals surface area (Å²) < 4.78 is 10.2. The summed E-state index contributed by atoms with van der Waals surface area (Å²) in [5.74, 6) is 0.511. The topological polar surface area (TPSA) is 77.3 Å². The second kappa shape index (κ2) is 4.37. The van der Waals surface area contributed by atoms with E-state index in [9.17, 15) is 4.79 Å². The Morgan fingerprint density at radius 2 is 2.24 bits per heavy atom. The molecular weight excluding hydrogens is 220 g/mol. The molecule has 1 heterocycles. The van der Waals surface area contributed by atoms with E-state index in [2.05, 4.69) is 4.98 Å². The number of methoxy groups -OCH3 is 1. The van der Waals surface area contributed by atoms with Crippen molar-refractivity contribution < 1.29 is 14.3 Å². The summed E-state index contributed by atoms with van der Waals surface area (Å²) in [7, 11) is 1.57. The molecule has 5 heteroatoms. The minimum Gasteiger partial charge on any atom is -0.495 e. The summed E-state index contributed by atoms with van der Waals surface area (Å²) in [4.78, 5) is 14.7. The number of nitrogens with one attached hydrogen (secondary N) is 1. The van der Waals surface area contributed by atoms with Crippen molar-refractivity contribution in [2.75, 3.05) is 19.5 Å². The molecule has 0 fully saturated rings. The third-order valence-electron chi connectivity index (χ3n) is 2.52. The number of aromatic amines is 1. The van der Waals surface area contributed by atoms with Crippen LogP contribution in [-0.2, 0) is 4.74 Å². The lowest BCUT2D eigenvalue weighted by Crippen LogP contribution is -2.06. The molecule has 0 spiro atoms. The molecule has 0 radical (unpaired) electrons. The number of aromatic nitrogens is 1. The number of nitrogen functional groups attached to an aromatic ring is 1. The number of carbonyl (C=O) groups excluding carboxylic acids is 1. The van der Waals surface area contributed by atoms with E-state index >= 15 is 0 Å². The van der Waals surface area contributed by atoms with Crippen molar-refractivity contribution >= 4 is 22.7 Å². The number of hydrogen-bond donors (Lipinski definition) is 2. The molecule has 0 bridgehead atoms. The number of ether oxygens (including phenoxy) is 2. The average molecular weight is 234 g/mol. The number of H-pyrrole nitrogens is 1. The maximum atomic E-state index is 11.8. The first kappa shape index (κ1) is 11.3. The predicted molar refractivity (Wildman–Crippen MR) is 65.2 cm³/mol. The van der Waals surface area contributed by atoms with Crippen molar-refractivity contribution in [1.29, 1.82) is 0 Å². The van der Waals surface area contributed by atoms with E-state index in [1.54, 1.807) is 32.2 Å². The van der Waals surface area contributed by atoms with Gasteiger partial charge in [0.15, 0.2) is 0 Å². The van der Waals surface area contributed by atoms with Crippen LogP contribution in [0.1, 0.15) is 17.3 Å². The lowest BCUT2D eigenvalue weighted by molar-refractivity contribution is 0.0530. The Kier molecular flexibility index (Phi) is 2.91. The Hall–Kier alpha value is -2.17. The zero-order valence-corrected chi connectivity index (χ0v) is 9.74. The van der Waals surface area contributed by atoms with Crippen molar-refractivity contribution in [3.05, 3.63) is 23.8 Å². The molecule has 1 aromatic heterocycles. The molecule has 0 amide bonds. The van der Waals surface area contributed by atoms with Gasteiger partial charge in [-0.15, -0.1) is 0 Å². The third kappa shape index (κ3) is 1.80. The van der Waals surface area contributed by atoms with Crippen LogP contribution in [0, 0.1) is 0 Å². The molecule has 3 N–H and O–H groups in total. The van der Waals surface area contributed by atoms with Crippen LogP contribution in [0.4, 0.5) is 5.82 Å². The number of carbonyl (C=O) groups is 1. The van der Waals surface area contributed by atoms with E-state index < -0.39 is 5.97 Å². The van der Waals surface area contributed by atoms with Gasteiger partial charge in [0.2, 0.25) is 0 Å². The fourth-order valence-electron chi connectivity index (χ4n) is 1.80. The molecule has 0 aliphatic rings. The molecule has 0 unspecified atom stereocenters. The molecule has 90 valence electrons. The van der Waals surface area contributed by atoms with Gasteiger partial charge < -0.3 is 20.2 Å². The highest BCUT2D eigenvalue weighted by Crippen LogP contribution is 2.31. The minimum absolute atomic E-state index is 0.294. The van der Waals surface area contributed by atoms with Gasteiger partial charge in [0.1, 0.15) is 17.1 Å². The molecule has 0 saturated heterocycles. The van der Waals surface area contributed by atoms with Crippen molar-refractivity contribution in [2.24, 2.45) is 0 Å². The van der Waals surface area contributed by atoms with Crippen LogP contribution < -0.4 is 10.5 Å². The smallest absolute Gasteiger partial charge is 0.342 e. The fourth-order valence-corrected chi connectivity index (χ4v) is 1.80. The normalized spacial score (nSPS) is 10.5. The van der Waals surface area contributed by atoms with Gasteiger partial charge in [0, 0.05) is 5.39 Å². The van der Waals surface area contributed by atoms with E-state index in [4.69, 9.17) is 15.2 Å². The molecule has 0 saturated carbocycles. The first-order valence-corrected chi connectivity index (χ1v) is 5.30. The van der Waals surface area contributed by atoms with E-state index in [1.807, 2.05) is 0 Å². The van der Waals surface area contributed by atoms with Gasteiger partial charge in [-0.1, -0.05) is 12.1 Å². The maximum absolute atomic E-state index is 11.8. The molecule has 17 heavy (non-hydrogen) atoms. The number of rotatable bonds is 3. The Bertz CT molecular complexity index is 560. The molecular formula is C12H14N2O3. The summed E-state index contributed by atoms with van der Waals surface area (Å²) in [6, 6.07) is 5.40. The van der Waals surface area contributed by atoms with Gasteiger partial charge in [-0.05, 0) is 13.0 Å². The summed E-state index contributed by atoms with van der Waals surface area (Å²) in [6.07, 6.45) is 0. The monoisotopic (exact) mass is 234 g/mol. The second-order valence-electron chi connectivity index (χ2n) is 3.52. The molecule has 0 aliphatic heterocycles. The summed E-state index contributed by atoms with van der Waals surface area (Å²) in [5, 5.41) is 0.709. The number of hydrogen-bond acceptors (Lipinski definition) is 4. The van der Waals surface area contributed by atoms with Gasteiger partial charge in [0.05, 0.1) is 19.2 Å². The third-order valence-corrected chi connectivity index (χ3v) is 2.52. The highest BCUT2D eigenvalue weighted by Gasteiger charge is 2.19. The van der Waals surface area contributed by atoms with Gasteiger partial charge in [-0.2, -0.15) is 0 Å². The SMILES string of the molecule is CCOC(=O)c1c(N)[nH]c2c(OC)cccc12. The molecule has 5 nitrogen and oxygen atoms in total. The van der Waals surface area contributed by atoms with Gasteiger partial charge in [-0.25, -0.2) is 4.79 Å². The van der Waals surface area contributed by atoms with Crippen LogP contribution in [0.15, 0.2) is 18.2 Å². The molecule has 0 atom stereocenters. The number of benzene rings is 1. The molecule has 1 aromatic carbocycles. The first-order chi connectivity index (χ1) is 8.19. The van der Waals surface area contributed by atoms with E-state index in [1.165, 1.54) is 0 Å². The average Bonchev–Trinajstić information content (AvgIpc) is 2.65. The van der Waals surface area contributed by atoms with Crippen molar-refractivity contribution in [3.63, 3.8) is 0 Å². The lowest BCUT2D eigenvalue weighted by Gasteiger charge is -2.02. The summed E-state index contributed by atoms with van der Waals surface area (Å²) >= 11 is 0. The number of anilines is 1. The Morgan fingerprint density at radius 1 is 1.47 bits per heavy atom. The van der Waals surface area contributed by atoms with Gasteiger partial charge >= 0.3 is 5.97 Å². The van der Waals surface area contributed by atoms with Gasteiger partial charge in [0.25, 0.3) is 0 Å². The van der Waals surface area contributed by atoms with Crippen molar-refractivity contribution in [3.8, 4) is 5.75 Å². The Balaban J connectivity index is 2.64. The van der Waals surface area contributed by atoms with Crippen LogP contribution in [0.5, 0.6) is 5.75 Å². The number of para-hydroxylation sites is 1. The van der Waals surface area contributed by atoms with Crippen molar-refractivity contribution in [1.82, 2.24) is 4.98 Å². The molecule has 2 aromatic rings. The minimum atomic E-state index is -0.426. The number of fused-ring (bicyclic) bond motifs is 1. The number of nitrogens with two attached hydrogens (primary N) is 1. The Labute approximate surface area is 98.5 Å². The van der Waals surface area contributed by atoms with Crippen LogP contribution in [-0.4, -0.2) is 24.7 Å². The van der Waals surface area contributed by atoms with E-state index in [-0.39, 0.29) is 0 Å². The van der Waals surface area contributed by atoms with Crippen LogP contribution in [0.3, 0.4) is 0 Å². The number of esters is 1. The van der Waals surface area contributed by atoms with Gasteiger partial charge in [-0.3, -0.25) is 0 Å². The van der Waals surface area contributed by atoms with Crippen LogP contribution >= 0.6 is 0 Å². The maximum Gasteiger partial charge on any atom is 0.342 e. The zero-order chi connectivity index (χ0) is 12.4. The van der Waals surface area contributed by atoms with Crippen LogP contribution in [0.2, 0.25) is 0 Å². The van der Waals surface area contributed by atoms with E-state index in [0.29, 0.717) is 34.6 Å².